The van der Waals surface area contributed by atoms with Crippen molar-refractivity contribution < 1.29 is 0 Å². The summed E-state index contributed by atoms with van der Waals surface area (Å²) in [5, 5.41) is 8.45. The maximum Gasteiger partial charge on any atom is 0.0624 e. The first kappa shape index (κ1) is 12.9. The molecule has 1 aromatic heterocycles. The van der Waals surface area contributed by atoms with Gasteiger partial charge in [0, 0.05) is 25.3 Å². The van der Waals surface area contributed by atoms with Gasteiger partial charge in [-0.15, -0.1) is 0 Å². The van der Waals surface area contributed by atoms with E-state index < -0.39 is 0 Å². The number of fused-ring (bicyclic) bond motifs is 1. The second-order valence-electron chi connectivity index (χ2n) is 7.60. The summed E-state index contributed by atoms with van der Waals surface area (Å²) in [4.78, 5) is 0. The molecule has 20 heavy (non-hydrogen) atoms. The van der Waals surface area contributed by atoms with Gasteiger partial charge in [-0.2, -0.15) is 5.10 Å². The lowest BCUT2D eigenvalue weighted by Gasteiger charge is -2.31. The zero-order valence-electron chi connectivity index (χ0n) is 12.9. The molecule has 0 bridgehead atoms. The summed E-state index contributed by atoms with van der Waals surface area (Å²) in [6.45, 7) is 3.43. The molecule has 110 valence electrons. The second kappa shape index (κ2) is 4.59. The molecule has 0 spiro atoms. The third-order valence-electron chi connectivity index (χ3n) is 5.75. The summed E-state index contributed by atoms with van der Waals surface area (Å²) in [6.07, 6.45) is 9.48. The Morgan fingerprint density at radius 1 is 1.35 bits per heavy atom. The zero-order chi connectivity index (χ0) is 13.7. The lowest BCUT2D eigenvalue weighted by Crippen LogP contribution is -2.36. The maximum atomic E-state index is 4.64. The average Bonchev–Trinajstić information content (AvgIpc) is 3.33. The normalized spacial score (nSPS) is 35.3. The summed E-state index contributed by atoms with van der Waals surface area (Å²) in [6, 6.07) is 3.17. The molecule has 3 aliphatic rings. The highest BCUT2D eigenvalue weighted by molar-refractivity contribution is 5.16. The smallest absolute Gasteiger partial charge is 0.0624 e. The number of aryl methyl sites for hydroxylation is 2. The van der Waals surface area contributed by atoms with Crippen LogP contribution in [0.1, 0.15) is 50.4 Å². The van der Waals surface area contributed by atoms with E-state index in [9.17, 15) is 0 Å². The third kappa shape index (κ3) is 2.41. The van der Waals surface area contributed by atoms with E-state index >= 15 is 0 Å². The summed E-state index contributed by atoms with van der Waals surface area (Å²) < 4.78 is 2.13. The molecule has 0 aliphatic heterocycles. The summed E-state index contributed by atoms with van der Waals surface area (Å²) >= 11 is 0. The van der Waals surface area contributed by atoms with Crippen molar-refractivity contribution in [1.82, 2.24) is 15.1 Å². The molecule has 3 aliphatic carbocycles. The molecule has 3 heteroatoms. The molecule has 2 atom stereocenters. The minimum atomic E-state index is 0.523. The van der Waals surface area contributed by atoms with E-state index in [-0.39, 0.29) is 0 Å². The Labute approximate surface area is 122 Å². The first-order valence-electron chi connectivity index (χ1n) is 8.43. The molecular weight excluding hydrogens is 246 g/mol. The van der Waals surface area contributed by atoms with Crippen LogP contribution in [0.3, 0.4) is 0 Å². The van der Waals surface area contributed by atoms with Gasteiger partial charge in [0.05, 0.1) is 5.69 Å². The Balaban J connectivity index is 1.50. The van der Waals surface area contributed by atoms with Crippen LogP contribution in [0.25, 0.3) is 0 Å². The van der Waals surface area contributed by atoms with Crippen LogP contribution >= 0.6 is 0 Å². The van der Waals surface area contributed by atoms with Gasteiger partial charge < -0.3 is 5.32 Å². The van der Waals surface area contributed by atoms with Crippen LogP contribution in [0.5, 0.6) is 0 Å². The van der Waals surface area contributed by atoms with Crippen molar-refractivity contribution in [2.24, 2.45) is 24.3 Å². The van der Waals surface area contributed by atoms with Gasteiger partial charge in [-0.1, -0.05) is 6.92 Å². The van der Waals surface area contributed by atoms with E-state index in [1.165, 1.54) is 56.5 Å². The molecule has 0 aromatic carbocycles. The van der Waals surface area contributed by atoms with E-state index in [0.29, 0.717) is 5.41 Å². The fraction of sp³-hybridized carbons (Fsp3) is 0.824. The minimum absolute atomic E-state index is 0.523. The molecule has 0 radical (unpaired) electrons. The van der Waals surface area contributed by atoms with E-state index in [1.807, 2.05) is 0 Å². The van der Waals surface area contributed by atoms with Crippen molar-refractivity contribution in [3.05, 3.63) is 17.5 Å². The zero-order valence-corrected chi connectivity index (χ0v) is 12.9. The third-order valence-corrected chi connectivity index (χ3v) is 5.75. The Morgan fingerprint density at radius 2 is 2.10 bits per heavy atom. The van der Waals surface area contributed by atoms with Crippen molar-refractivity contribution in [3.63, 3.8) is 0 Å². The van der Waals surface area contributed by atoms with Gasteiger partial charge in [0.2, 0.25) is 0 Å². The minimum Gasteiger partial charge on any atom is -0.313 e. The Hall–Kier alpha value is -0.830. The highest BCUT2D eigenvalue weighted by Crippen LogP contribution is 2.60. The fourth-order valence-electron chi connectivity index (χ4n) is 4.30. The monoisotopic (exact) mass is 273 g/mol. The van der Waals surface area contributed by atoms with Gasteiger partial charge in [-0.3, -0.25) is 4.68 Å². The summed E-state index contributed by atoms with van der Waals surface area (Å²) in [5.74, 6) is 2.10. The van der Waals surface area contributed by atoms with Gasteiger partial charge in [0.1, 0.15) is 0 Å². The van der Waals surface area contributed by atoms with E-state index in [4.69, 9.17) is 0 Å². The van der Waals surface area contributed by atoms with E-state index in [0.717, 1.165) is 24.3 Å². The first-order chi connectivity index (χ1) is 9.67. The second-order valence-corrected chi connectivity index (χ2v) is 7.60. The first-order valence-corrected chi connectivity index (χ1v) is 8.43. The van der Waals surface area contributed by atoms with E-state index in [2.05, 4.69) is 35.1 Å². The highest BCUT2D eigenvalue weighted by Gasteiger charge is 2.53. The SMILES string of the molecule is CCc1cc(CC2(CNC3CC3)CC3CC3C2)n(C)n1. The van der Waals surface area contributed by atoms with Crippen molar-refractivity contribution in [1.29, 1.82) is 0 Å². The molecular formula is C17H27N3. The van der Waals surface area contributed by atoms with Gasteiger partial charge in [-0.05, 0) is 68.3 Å². The average molecular weight is 273 g/mol. The lowest BCUT2D eigenvalue weighted by molar-refractivity contribution is 0.242. The van der Waals surface area contributed by atoms with Crippen LogP contribution in [0.15, 0.2) is 6.07 Å². The molecule has 3 saturated carbocycles. The Kier molecular flexibility index (Phi) is 2.95. The summed E-state index contributed by atoms with van der Waals surface area (Å²) in [7, 11) is 2.12. The van der Waals surface area contributed by atoms with Crippen molar-refractivity contribution >= 4 is 0 Å². The van der Waals surface area contributed by atoms with Crippen LogP contribution in [-0.2, 0) is 19.9 Å². The molecule has 1 heterocycles. The van der Waals surface area contributed by atoms with Crippen LogP contribution < -0.4 is 5.32 Å². The number of hydrogen-bond donors (Lipinski definition) is 1. The van der Waals surface area contributed by atoms with Gasteiger partial charge in [0.25, 0.3) is 0 Å². The molecule has 4 rings (SSSR count). The van der Waals surface area contributed by atoms with Crippen LogP contribution in [0.2, 0.25) is 0 Å². The molecule has 2 unspecified atom stereocenters. The molecule has 3 fully saturated rings. The topological polar surface area (TPSA) is 29.9 Å². The van der Waals surface area contributed by atoms with E-state index in [1.54, 1.807) is 0 Å². The molecule has 3 nitrogen and oxygen atoms in total. The summed E-state index contributed by atoms with van der Waals surface area (Å²) in [5.41, 5.74) is 3.21. The van der Waals surface area contributed by atoms with Gasteiger partial charge in [0.15, 0.2) is 0 Å². The number of hydrogen-bond acceptors (Lipinski definition) is 2. The van der Waals surface area contributed by atoms with Crippen molar-refractivity contribution in [2.45, 2.75) is 57.9 Å². The van der Waals surface area contributed by atoms with Crippen molar-refractivity contribution in [2.75, 3.05) is 6.54 Å². The quantitative estimate of drug-likeness (QED) is 0.863. The van der Waals surface area contributed by atoms with Crippen LogP contribution in [-0.4, -0.2) is 22.4 Å². The molecule has 1 N–H and O–H groups in total. The predicted octanol–water partition coefficient (Wildman–Crippen LogP) is 2.69. The molecule has 1 aromatic rings. The number of nitrogens with one attached hydrogen (secondary N) is 1. The lowest BCUT2D eigenvalue weighted by atomic mass is 9.78. The van der Waals surface area contributed by atoms with Crippen LogP contribution in [0.4, 0.5) is 0 Å². The number of aromatic nitrogens is 2. The Bertz CT molecular complexity index is 490. The molecule has 0 saturated heterocycles. The highest BCUT2D eigenvalue weighted by atomic mass is 15.3. The molecule has 0 amide bonds. The van der Waals surface area contributed by atoms with Gasteiger partial charge >= 0.3 is 0 Å². The largest absolute Gasteiger partial charge is 0.313 e. The van der Waals surface area contributed by atoms with Gasteiger partial charge in [-0.25, -0.2) is 0 Å². The maximum absolute atomic E-state index is 4.64. The fourth-order valence-corrected chi connectivity index (χ4v) is 4.30. The standard InChI is InChI=1S/C17H27N3/c1-3-14-7-16(20(2)19-14)10-17(11-18-15-4-5-15)8-12-6-13(12)9-17/h7,12-13,15,18H,3-6,8-11H2,1-2H3. The number of nitrogens with zero attached hydrogens (tertiary/aromatic N) is 2. The number of rotatable bonds is 6. The Morgan fingerprint density at radius 3 is 2.70 bits per heavy atom. The predicted molar refractivity (Wildman–Crippen MR) is 80.6 cm³/mol. The van der Waals surface area contributed by atoms with Crippen molar-refractivity contribution in [3.8, 4) is 0 Å². The van der Waals surface area contributed by atoms with Crippen LogP contribution in [0, 0.1) is 17.3 Å².